The van der Waals surface area contributed by atoms with Crippen molar-refractivity contribution < 1.29 is 9.53 Å². The number of benzene rings is 1. The molecule has 0 saturated heterocycles. The van der Waals surface area contributed by atoms with Gasteiger partial charge < -0.3 is 15.8 Å². The van der Waals surface area contributed by atoms with E-state index in [2.05, 4.69) is 33.0 Å². The van der Waals surface area contributed by atoms with Gasteiger partial charge in [-0.2, -0.15) is 0 Å². The molecule has 0 spiro atoms. The summed E-state index contributed by atoms with van der Waals surface area (Å²) in [5.41, 5.74) is 8.45. The van der Waals surface area contributed by atoms with Crippen molar-refractivity contribution in [1.29, 1.82) is 0 Å². The smallest absolute Gasteiger partial charge is 0.338 e. The lowest BCUT2D eigenvalue weighted by Gasteiger charge is -2.12. The van der Waals surface area contributed by atoms with Crippen molar-refractivity contribution in [2.45, 2.75) is 40.7 Å². The Labute approximate surface area is 120 Å². The van der Waals surface area contributed by atoms with Gasteiger partial charge in [-0.25, -0.2) is 4.79 Å². The maximum absolute atomic E-state index is 11.7. The van der Waals surface area contributed by atoms with E-state index in [0.29, 0.717) is 23.9 Å². The summed E-state index contributed by atoms with van der Waals surface area (Å²) in [6, 6.07) is 5.65. The van der Waals surface area contributed by atoms with Gasteiger partial charge in [-0.15, -0.1) is 0 Å². The lowest BCUT2D eigenvalue weighted by Crippen LogP contribution is -2.12. The number of ether oxygens (including phenoxy) is 1. The molecule has 1 aromatic rings. The largest absolute Gasteiger partial charge is 0.462 e. The summed E-state index contributed by atoms with van der Waals surface area (Å²) < 4.78 is 4.97. The second-order valence-electron chi connectivity index (χ2n) is 6.54. The second-order valence-corrected chi connectivity index (χ2v) is 6.54. The number of nitrogens with one attached hydrogen (secondary N) is 1. The normalized spacial score (nSPS) is 19.4. The fraction of sp³-hybridized carbons (Fsp3) is 0.562. The van der Waals surface area contributed by atoms with Crippen LogP contribution < -0.4 is 11.1 Å². The molecule has 0 amide bonds. The van der Waals surface area contributed by atoms with Gasteiger partial charge in [0.05, 0.1) is 23.5 Å². The van der Waals surface area contributed by atoms with E-state index in [1.165, 1.54) is 0 Å². The molecular weight excluding hydrogens is 252 g/mol. The van der Waals surface area contributed by atoms with E-state index >= 15 is 0 Å². The first kappa shape index (κ1) is 14.7. The van der Waals surface area contributed by atoms with Gasteiger partial charge >= 0.3 is 5.97 Å². The average molecular weight is 276 g/mol. The molecule has 4 heteroatoms. The SMILES string of the molecule is CCOC(=O)c1ccc(NC2C(C)(C)C2(C)C)c(N)c1. The molecule has 3 N–H and O–H groups in total. The van der Waals surface area contributed by atoms with E-state index in [1.54, 1.807) is 19.1 Å². The number of rotatable bonds is 4. The summed E-state index contributed by atoms with van der Waals surface area (Å²) in [5.74, 6) is -0.335. The Balaban J connectivity index is 2.14. The van der Waals surface area contributed by atoms with Crippen LogP contribution in [0, 0.1) is 10.8 Å². The maximum Gasteiger partial charge on any atom is 0.338 e. The molecule has 4 nitrogen and oxygen atoms in total. The zero-order chi connectivity index (χ0) is 15.1. The predicted molar refractivity (Wildman–Crippen MR) is 81.8 cm³/mol. The summed E-state index contributed by atoms with van der Waals surface area (Å²) in [4.78, 5) is 11.7. The zero-order valence-electron chi connectivity index (χ0n) is 12.9. The molecule has 20 heavy (non-hydrogen) atoms. The van der Waals surface area contributed by atoms with Gasteiger partial charge in [-0.05, 0) is 36.0 Å². The number of nitrogens with two attached hydrogens (primary N) is 1. The van der Waals surface area contributed by atoms with Crippen LogP contribution in [0.4, 0.5) is 11.4 Å². The van der Waals surface area contributed by atoms with Gasteiger partial charge in [0.1, 0.15) is 0 Å². The van der Waals surface area contributed by atoms with Gasteiger partial charge in [0.25, 0.3) is 0 Å². The zero-order valence-corrected chi connectivity index (χ0v) is 12.9. The summed E-state index contributed by atoms with van der Waals surface area (Å²) in [7, 11) is 0. The molecule has 0 unspecified atom stereocenters. The lowest BCUT2D eigenvalue weighted by atomic mass is 10.0. The van der Waals surface area contributed by atoms with E-state index in [1.807, 2.05) is 6.07 Å². The highest BCUT2D eigenvalue weighted by Crippen LogP contribution is 2.63. The Morgan fingerprint density at radius 2 is 1.90 bits per heavy atom. The van der Waals surface area contributed by atoms with Crippen LogP contribution in [0.15, 0.2) is 18.2 Å². The molecule has 0 aromatic heterocycles. The van der Waals surface area contributed by atoms with Crippen LogP contribution >= 0.6 is 0 Å². The van der Waals surface area contributed by atoms with Crippen molar-refractivity contribution in [2.75, 3.05) is 17.7 Å². The molecule has 0 aliphatic heterocycles. The molecular formula is C16H24N2O2. The first-order chi connectivity index (χ1) is 9.21. The molecule has 1 aromatic carbocycles. The monoisotopic (exact) mass is 276 g/mol. The standard InChI is InChI=1S/C16H24N2O2/c1-6-20-13(19)10-7-8-12(11(17)9-10)18-14-15(2,3)16(14,4)5/h7-9,14,18H,6,17H2,1-5H3. The quantitative estimate of drug-likeness (QED) is 0.654. The Morgan fingerprint density at radius 3 is 2.35 bits per heavy atom. The average Bonchev–Trinajstić information content (AvgIpc) is 2.74. The van der Waals surface area contributed by atoms with Crippen LogP contribution in [0.1, 0.15) is 45.0 Å². The Kier molecular flexibility index (Phi) is 3.44. The van der Waals surface area contributed by atoms with Crippen LogP contribution in [0.2, 0.25) is 0 Å². The number of nitrogen functional groups attached to an aromatic ring is 1. The molecule has 0 atom stereocenters. The minimum Gasteiger partial charge on any atom is -0.462 e. The molecule has 1 fully saturated rings. The van der Waals surface area contributed by atoms with Crippen molar-refractivity contribution in [1.82, 2.24) is 0 Å². The number of hydrogen-bond acceptors (Lipinski definition) is 4. The van der Waals surface area contributed by atoms with Crippen molar-refractivity contribution in [2.24, 2.45) is 10.8 Å². The van der Waals surface area contributed by atoms with Crippen molar-refractivity contribution in [3.05, 3.63) is 23.8 Å². The number of carbonyl (C=O) groups is 1. The number of hydrogen-bond donors (Lipinski definition) is 2. The molecule has 1 aliphatic rings. The van der Waals surface area contributed by atoms with Gasteiger partial charge in [0, 0.05) is 6.04 Å². The summed E-state index contributed by atoms with van der Waals surface area (Å²) >= 11 is 0. The molecule has 1 aliphatic carbocycles. The Bertz CT molecular complexity index is 521. The van der Waals surface area contributed by atoms with Crippen molar-refractivity contribution >= 4 is 17.3 Å². The van der Waals surface area contributed by atoms with Crippen LogP contribution in [-0.2, 0) is 4.74 Å². The van der Waals surface area contributed by atoms with Gasteiger partial charge in [0.2, 0.25) is 0 Å². The Hall–Kier alpha value is -1.71. The van der Waals surface area contributed by atoms with Crippen LogP contribution in [0.25, 0.3) is 0 Å². The molecule has 2 rings (SSSR count). The van der Waals surface area contributed by atoms with E-state index in [0.717, 1.165) is 5.69 Å². The van der Waals surface area contributed by atoms with Crippen molar-refractivity contribution in [3.63, 3.8) is 0 Å². The number of esters is 1. The van der Waals surface area contributed by atoms with Gasteiger partial charge in [-0.1, -0.05) is 27.7 Å². The number of carbonyl (C=O) groups excluding carboxylic acids is 1. The van der Waals surface area contributed by atoms with E-state index in [4.69, 9.17) is 10.5 Å². The molecule has 0 radical (unpaired) electrons. The molecule has 1 saturated carbocycles. The first-order valence-corrected chi connectivity index (χ1v) is 7.05. The van der Waals surface area contributed by atoms with E-state index in [9.17, 15) is 4.79 Å². The second kappa shape index (κ2) is 4.69. The Morgan fingerprint density at radius 1 is 1.30 bits per heavy atom. The van der Waals surface area contributed by atoms with Crippen molar-refractivity contribution in [3.8, 4) is 0 Å². The maximum atomic E-state index is 11.7. The molecule has 110 valence electrons. The minimum atomic E-state index is -0.335. The molecule has 0 heterocycles. The third-order valence-corrected chi connectivity index (χ3v) is 4.88. The third kappa shape index (κ3) is 2.23. The summed E-state index contributed by atoms with van der Waals surface area (Å²) in [5, 5.41) is 3.49. The number of anilines is 2. The first-order valence-electron chi connectivity index (χ1n) is 7.05. The summed E-state index contributed by atoms with van der Waals surface area (Å²) in [6.45, 7) is 11.1. The fourth-order valence-corrected chi connectivity index (χ4v) is 2.75. The third-order valence-electron chi connectivity index (χ3n) is 4.88. The fourth-order valence-electron chi connectivity index (χ4n) is 2.75. The van der Waals surface area contributed by atoms with Gasteiger partial charge in [-0.3, -0.25) is 0 Å². The van der Waals surface area contributed by atoms with Crippen LogP contribution in [0.3, 0.4) is 0 Å². The van der Waals surface area contributed by atoms with Gasteiger partial charge in [0.15, 0.2) is 0 Å². The minimum absolute atomic E-state index is 0.235. The highest BCUT2D eigenvalue weighted by Gasteiger charge is 2.64. The van der Waals surface area contributed by atoms with E-state index in [-0.39, 0.29) is 16.8 Å². The van der Waals surface area contributed by atoms with Crippen LogP contribution in [0.5, 0.6) is 0 Å². The highest BCUT2D eigenvalue weighted by molar-refractivity contribution is 5.92. The lowest BCUT2D eigenvalue weighted by molar-refractivity contribution is 0.0526. The topological polar surface area (TPSA) is 64.3 Å². The highest BCUT2D eigenvalue weighted by atomic mass is 16.5. The summed E-state index contributed by atoms with van der Waals surface area (Å²) in [6.07, 6.45) is 0. The van der Waals surface area contributed by atoms with Crippen LogP contribution in [-0.4, -0.2) is 18.6 Å². The van der Waals surface area contributed by atoms with E-state index < -0.39 is 0 Å². The molecule has 0 bridgehead atoms. The predicted octanol–water partition coefficient (Wildman–Crippen LogP) is 3.29.